The molecule has 0 aromatic heterocycles. The van der Waals surface area contributed by atoms with Gasteiger partial charge in [0.15, 0.2) is 0 Å². The molecule has 0 radical (unpaired) electrons. The number of carbonyl (C=O) groups excluding carboxylic acids is 2. The zero-order chi connectivity index (χ0) is 9.56. The SMILES string of the molecule is C=CN1CCCC1=O.NC(N)=O. The van der Waals surface area contributed by atoms with Crippen molar-refractivity contribution in [3.05, 3.63) is 12.8 Å². The third kappa shape index (κ3) is 4.32. The number of hydrogen-bond donors (Lipinski definition) is 2. The minimum absolute atomic E-state index is 0.208. The number of nitrogens with zero attached hydrogens (tertiary/aromatic N) is 1. The monoisotopic (exact) mass is 171 g/mol. The fourth-order valence-electron chi connectivity index (χ4n) is 0.862. The van der Waals surface area contributed by atoms with Gasteiger partial charge in [0.2, 0.25) is 5.91 Å². The van der Waals surface area contributed by atoms with E-state index in [0.717, 1.165) is 13.0 Å². The molecule has 1 heterocycles. The van der Waals surface area contributed by atoms with Gasteiger partial charge in [-0.1, -0.05) is 6.58 Å². The van der Waals surface area contributed by atoms with Gasteiger partial charge in [-0.05, 0) is 12.6 Å². The average Bonchev–Trinajstić information content (AvgIpc) is 2.33. The van der Waals surface area contributed by atoms with Crippen LogP contribution in [0, 0.1) is 0 Å². The second kappa shape index (κ2) is 5.17. The summed E-state index contributed by atoms with van der Waals surface area (Å²) in [5, 5.41) is 0. The molecule has 0 aromatic carbocycles. The highest BCUT2D eigenvalue weighted by atomic mass is 16.2. The molecular weight excluding hydrogens is 158 g/mol. The lowest BCUT2D eigenvalue weighted by Crippen LogP contribution is -2.18. The van der Waals surface area contributed by atoms with E-state index in [1.54, 1.807) is 11.1 Å². The van der Waals surface area contributed by atoms with Crippen LogP contribution in [0.1, 0.15) is 12.8 Å². The van der Waals surface area contributed by atoms with E-state index in [1.165, 1.54) is 0 Å². The highest BCUT2D eigenvalue weighted by Crippen LogP contribution is 2.08. The first-order chi connectivity index (χ1) is 5.57. The molecule has 1 aliphatic heterocycles. The standard InChI is InChI=1S/C6H9NO.CH4N2O/c1-2-7-5-3-4-6(7)8;2-1(3)4/h2H,1,3-5H2;(H4,2,3,4). The molecule has 0 saturated carbocycles. The summed E-state index contributed by atoms with van der Waals surface area (Å²) in [4.78, 5) is 21.3. The summed E-state index contributed by atoms with van der Waals surface area (Å²) in [7, 11) is 0. The summed E-state index contributed by atoms with van der Waals surface area (Å²) in [5.41, 5.74) is 8.50. The molecule has 3 amide bonds. The van der Waals surface area contributed by atoms with Gasteiger partial charge in [0.05, 0.1) is 0 Å². The van der Waals surface area contributed by atoms with Crippen molar-refractivity contribution in [1.29, 1.82) is 0 Å². The van der Waals surface area contributed by atoms with Crippen LogP contribution in [-0.2, 0) is 4.79 Å². The molecule has 12 heavy (non-hydrogen) atoms. The normalized spacial score (nSPS) is 15.0. The number of urea groups is 1. The Hall–Kier alpha value is -1.52. The molecule has 1 saturated heterocycles. The molecule has 0 unspecified atom stereocenters. The van der Waals surface area contributed by atoms with E-state index in [2.05, 4.69) is 18.0 Å². The lowest BCUT2D eigenvalue weighted by molar-refractivity contribution is -0.125. The third-order valence-corrected chi connectivity index (χ3v) is 1.33. The topological polar surface area (TPSA) is 89.4 Å². The zero-order valence-electron chi connectivity index (χ0n) is 6.82. The van der Waals surface area contributed by atoms with Gasteiger partial charge in [-0.2, -0.15) is 0 Å². The number of likely N-dealkylation sites (tertiary alicyclic amines) is 1. The van der Waals surface area contributed by atoms with Gasteiger partial charge < -0.3 is 16.4 Å². The first-order valence-corrected chi connectivity index (χ1v) is 3.55. The van der Waals surface area contributed by atoms with Crippen molar-refractivity contribution >= 4 is 11.9 Å². The molecule has 1 rings (SSSR count). The number of nitrogens with two attached hydrogens (primary N) is 2. The molecule has 0 atom stereocenters. The molecule has 0 aromatic rings. The van der Waals surface area contributed by atoms with Crippen LogP contribution in [-0.4, -0.2) is 23.4 Å². The fourth-order valence-corrected chi connectivity index (χ4v) is 0.862. The van der Waals surface area contributed by atoms with Gasteiger partial charge in [0.25, 0.3) is 0 Å². The molecule has 1 fully saturated rings. The number of rotatable bonds is 1. The second-order valence-electron chi connectivity index (χ2n) is 2.28. The minimum atomic E-state index is -0.833. The van der Waals surface area contributed by atoms with E-state index in [-0.39, 0.29) is 5.91 Å². The molecule has 4 N–H and O–H groups in total. The molecule has 1 aliphatic rings. The molecule has 5 nitrogen and oxygen atoms in total. The van der Waals surface area contributed by atoms with Crippen molar-refractivity contribution in [2.75, 3.05) is 6.54 Å². The van der Waals surface area contributed by atoms with Gasteiger partial charge in [0, 0.05) is 13.0 Å². The van der Waals surface area contributed by atoms with Crippen molar-refractivity contribution in [3.63, 3.8) is 0 Å². The smallest absolute Gasteiger partial charge is 0.309 e. The van der Waals surface area contributed by atoms with E-state index >= 15 is 0 Å². The van der Waals surface area contributed by atoms with Crippen LogP contribution in [0.5, 0.6) is 0 Å². The number of amides is 3. The zero-order valence-corrected chi connectivity index (χ0v) is 6.82. The quantitative estimate of drug-likeness (QED) is 0.571. The van der Waals surface area contributed by atoms with Crippen molar-refractivity contribution < 1.29 is 9.59 Å². The van der Waals surface area contributed by atoms with Crippen molar-refractivity contribution in [2.45, 2.75) is 12.8 Å². The summed E-state index contributed by atoms with van der Waals surface area (Å²) >= 11 is 0. The minimum Gasteiger partial charge on any atom is -0.352 e. The van der Waals surface area contributed by atoms with Crippen LogP contribution < -0.4 is 11.5 Å². The van der Waals surface area contributed by atoms with Crippen LogP contribution in [0.4, 0.5) is 4.79 Å². The Balaban J connectivity index is 0.000000261. The fraction of sp³-hybridized carbons (Fsp3) is 0.429. The summed E-state index contributed by atoms with van der Waals surface area (Å²) in [6, 6.07) is -0.833. The second-order valence-corrected chi connectivity index (χ2v) is 2.28. The number of primary amides is 2. The highest BCUT2D eigenvalue weighted by Gasteiger charge is 2.15. The Bertz CT molecular complexity index is 187. The summed E-state index contributed by atoms with van der Waals surface area (Å²) in [6.07, 6.45) is 3.28. The third-order valence-electron chi connectivity index (χ3n) is 1.33. The van der Waals surface area contributed by atoms with Crippen LogP contribution in [0.25, 0.3) is 0 Å². The molecule has 0 bridgehead atoms. The van der Waals surface area contributed by atoms with Crippen LogP contribution in [0.2, 0.25) is 0 Å². The average molecular weight is 171 g/mol. The van der Waals surface area contributed by atoms with Gasteiger partial charge in [0.1, 0.15) is 0 Å². The summed E-state index contributed by atoms with van der Waals surface area (Å²) < 4.78 is 0. The van der Waals surface area contributed by atoms with Crippen molar-refractivity contribution in [2.24, 2.45) is 11.5 Å². The van der Waals surface area contributed by atoms with E-state index < -0.39 is 6.03 Å². The van der Waals surface area contributed by atoms with Gasteiger partial charge in [-0.3, -0.25) is 4.79 Å². The number of carbonyl (C=O) groups is 2. The molecule has 0 spiro atoms. The van der Waals surface area contributed by atoms with E-state index in [0.29, 0.717) is 6.42 Å². The van der Waals surface area contributed by atoms with Crippen LogP contribution in [0.3, 0.4) is 0 Å². The molecular formula is C7H13N3O2. The maximum Gasteiger partial charge on any atom is 0.309 e. The lowest BCUT2D eigenvalue weighted by Gasteiger charge is -2.05. The van der Waals surface area contributed by atoms with E-state index in [4.69, 9.17) is 4.79 Å². The molecule has 68 valence electrons. The highest BCUT2D eigenvalue weighted by molar-refractivity contribution is 5.78. The number of hydrogen-bond acceptors (Lipinski definition) is 2. The van der Waals surface area contributed by atoms with Gasteiger partial charge in [-0.25, -0.2) is 4.79 Å². The maximum absolute atomic E-state index is 10.7. The lowest BCUT2D eigenvalue weighted by atomic mass is 10.4. The van der Waals surface area contributed by atoms with Crippen LogP contribution >= 0.6 is 0 Å². The Kier molecular flexibility index (Phi) is 4.52. The van der Waals surface area contributed by atoms with Gasteiger partial charge in [-0.15, -0.1) is 0 Å². The summed E-state index contributed by atoms with van der Waals surface area (Å²) in [5.74, 6) is 0.208. The van der Waals surface area contributed by atoms with Crippen LogP contribution in [0.15, 0.2) is 12.8 Å². The first-order valence-electron chi connectivity index (χ1n) is 3.55. The van der Waals surface area contributed by atoms with Gasteiger partial charge >= 0.3 is 6.03 Å². The van der Waals surface area contributed by atoms with E-state index in [9.17, 15) is 4.79 Å². The predicted octanol–water partition coefficient (Wildman–Crippen LogP) is -0.224. The Morgan fingerprint density at radius 2 is 2.08 bits per heavy atom. The van der Waals surface area contributed by atoms with Crippen molar-refractivity contribution in [3.8, 4) is 0 Å². The Morgan fingerprint density at radius 1 is 1.58 bits per heavy atom. The first kappa shape index (κ1) is 10.5. The van der Waals surface area contributed by atoms with E-state index in [1.807, 2.05) is 0 Å². The van der Waals surface area contributed by atoms with Crippen molar-refractivity contribution in [1.82, 2.24) is 4.90 Å². The molecule has 0 aliphatic carbocycles. The molecule has 5 heteroatoms. The predicted molar refractivity (Wildman–Crippen MR) is 44.9 cm³/mol. The Morgan fingerprint density at radius 3 is 2.25 bits per heavy atom. The largest absolute Gasteiger partial charge is 0.352 e. The Labute approximate surface area is 71.0 Å². The maximum atomic E-state index is 10.7. The summed E-state index contributed by atoms with van der Waals surface area (Å²) in [6.45, 7) is 4.36.